The van der Waals surface area contributed by atoms with E-state index in [0.717, 1.165) is 24.2 Å². The first-order chi connectivity index (χ1) is 10.5. The number of halogens is 1. The maximum atomic E-state index is 12.0. The standard InChI is InChI=1S/C14H23N3O3S2.HI/c15-14(17-11-5-2-1-3-6-11)16-9-12(18)10-22(19,20)13-7-4-8-21-13;/h4,7-8,11-12,18H,1-3,5-6,9-10H2,(H3,15,16,17);1H. The van der Waals surface area contributed by atoms with Crippen molar-refractivity contribution >= 4 is 51.1 Å². The molecule has 1 aliphatic rings. The molecule has 1 heterocycles. The molecular formula is C14H24IN3O3S2. The molecule has 1 fully saturated rings. The first kappa shape index (κ1) is 20.7. The largest absolute Gasteiger partial charge is 0.390 e. The monoisotopic (exact) mass is 473 g/mol. The van der Waals surface area contributed by atoms with E-state index < -0.39 is 15.9 Å². The zero-order valence-corrected chi connectivity index (χ0v) is 16.8. The molecule has 1 aromatic rings. The predicted molar refractivity (Wildman–Crippen MR) is 104 cm³/mol. The maximum absolute atomic E-state index is 12.0. The molecule has 23 heavy (non-hydrogen) atoms. The fraction of sp³-hybridized carbons (Fsp3) is 0.643. The molecule has 0 amide bonds. The van der Waals surface area contributed by atoms with E-state index in [1.807, 2.05) is 0 Å². The molecule has 132 valence electrons. The van der Waals surface area contributed by atoms with Crippen LogP contribution in [0.1, 0.15) is 32.1 Å². The van der Waals surface area contributed by atoms with Crippen molar-refractivity contribution in [1.82, 2.24) is 5.32 Å². The SMILES string of the molecule is I.NC(=NCC(O)CS(=O)(=O)c1cccs1)NC1CCCCC1. The number of sulfone groups is 1. The van der Waals surface area contributed by atoms with Gasteiger partial charge in [0.25, 0.3) is 0 Å². The minimum Gasteiger partial charge on any atom is -0.390 e. The molecule has 0 saturated heterocycles. The Hall–Kier alpha value is -0.390. The maximum Gasteiger partial charge on any atom is 0.190 e. The lowest BCUT2D eigenvalue weighted by molar-refractivity contribution is 0.206. The van der Waals surface area contributed by atoms with Crippen LogP contribution in [0, 0.1) is 0 Å². The van der Waals surface area contributed by atoms with Crippen LogP contribution in [-0.2, 0) is 9.84 Å². The number of nitrogens with one attached hydrogen (secondary N) is 1. The minimum absolute atomic E-state index is 0. The van der Waals surface area contributed by atoms with E-state index in [1.165, 1.54) is 25.3 Å². The summed E-state index contributed by atoms with van der Waals surface area (Å²) in [6.07, 6.45) is 4.73. The van der Waals surface area contributed by atoms with Gasteiger partial charge in [0.15, 0.2) is 15.8 Å². The predicted octanol–water partition coefficient (Wildman–Crippen LogP) is 1.74. The lowest BCUT2D eigenvalue weighted by Crippen LogP contribution is -2.41. The van der Waals surface area contributed by atoms with Gasteiger partial charge in [-0.1, -0.05) is 25.3 Å². The van der Waals surface area contributed by atoms with Crippen LogP contribution in [0.3, 0.4) is 0 Å². The Kier molecular flexibility index (Phi) is 8.80. The highest BCUT2D eigenvalue weighted by atomic mass is 127. The first-order valence-corrected chi connectivity index (χ1v) is 10.0. The molecule has 1 atom stereocenters. The molecule has 2 rings (SSSR count). The number of thiophene rings is 1. The Morgan fingerprint density at radius 3 is 2.74 bits per heavy atom. The van der Waals surface area contributed by atoms with E-state index in [-0.39, 0.29) is 46.4 Å². The van der Waals surface area contributed by atoms with Crippen molar-refractivity contribution in [2.24, 2.45) is 10.7 Å². The van der Waals surface area contributed by atoms with E-state index in [4.69, 9.17) is 5.73 Å². The molecule has 0 bridgehead atoms. The lowest BCUT2D eigenvalue weighted by Gasteiger charge is -2.23. The van der Waals surface area contributed by atoms with Gasteiger partial charge in [-0.2, -0.15) is 0 Å². The van der Waals surface area contributed by atoms with Gasteiger partial charge in [0.2, 0.25) is 0 Å². The summed E-state index contributed by atoms with van der Waals surface area (Å²) in [5, 5.41) is 14.7. The molecule has 0 aliphatic heterocycles. The van der Waals surface area contributed by atoms with E-state index in [1.54, 1.807) is 11.4 Å². The topological polar surface area (TPSA) is 105 Å². The average molecular weight is 473 g/mol. The zero-order chi connectivity index (χ0) is 16.0. The Morgan fingerprint density at radius 1 is 1.43 bits per heavy atom. The number of rotatable bonds is 6. The van der Waals surface area contributed by atoms with Gasteiger partial charge in [-0.3, -0.25) is 4.99 Å². The van der Waals surface area contributed by atoms with Crippen LogP contribution in [0.2, 0.25) is 0 Å². The molecule has 4 N–H and O–H groups in total. The summed E-state index contributed by atoms with van der Waals surface area (Å²) in [5.41, 5.74) is 5.79. The molecule has 0 spiro atoms. The third-order valence-corrected chi connectivity index (χ3v) is 6.93. The van der Waals surface area contributed by atoms with Crippen LogP contribution in [0.15, 0.2) is 26.7 Å². The molecule has 1 aromatic heterocycles. The van der Waals surface area contributed by atoms with Gasteiger partial charge in [0.1, 0.15) is 4.21 Å². The van der Waals surface area contributed by atoms with Crippen molar-refractivity contribution in [2.45, 2.75) is 48.5 Å². The number of nitrogens with two attached hydrogens (primary N) is 1. The molecule has 1 saturated carbocycles. The smallest absolute Gasteiger partial charge is 0.190 e. The summed E-state index contributed by atoms with van der Waals surface area (Å²) in [6, 6.07) is 3.55. The van der Waals surface area contributed by atoms with Crippen LogP contribution in [0.25, 0.3) is 0 Å². The third kappa shape index (κ3) is 6.94. The average Bonchev–Trinajstić information content (AvgIpc) is 3.01. The van der Waals surface area contributed by atoms with Crippen LogP contribution >= 0.6 is 35.3 Å². The Labute approximate surface area is 158 Å². The van der Waals surface area contributed by atoms with Gasteiger partial charge in [-0.15, -0.1) is 35.3 Å². The second-order valence-electron chi connectivity index (χ2n) is 5.57. The zero-order valence-electron chi connectivity index (χ0n) is 12.8. The summed E-state index contributed by atoms with van der Waals surface area (Å²) in [5.74, 6) is -0.0623. The number of hydrogen-bond acceptors (Lipinski definition) is 5. The van der Waals surface area contributed by atoms with E-state index in [2.05, 4.69) is 10.3 Å². The Bertz CT molecular complexity index is 584. The Morgan fingerprint density at radius 2 is 2.13 bits per heavy atom. The van der Waals surface area contributed by atoms with Gasteiger partial charge in [-0.05, 0) is 24.3 Å². The Balaban J connectivity index is 0.00000264. The number of hydrogen-bond donors (Lipinski definition) is 3. The van der Waals surface area contributed by atoms with Crippen molar-refractivity contribution < 1.29 is 13.5 Å². The molecular weight excluding hydrogens is 449 g/mol. The molecule has 6 nitrogen and oxygen atoms in total. The first-order valence-electron chi connectivity index (χ1n) is 7.48. The number of aliphatic hydroxyl groups is 1. The van der Waals surface area contributed by atoms with Crippen molar-refractivity contribution in [3.63, 3.8) is 0 Å². The van der Waals surface area contributed by atoms with E-state index in [9.17, 15) is 13.5 Å². The van der Waals surface area contributed by atoms with Crippen LogP contribution in [0.5, 0.6) is 0 Å². The summed E-state index contributed by atoms with van der Waals surface area (Å²) in [4.78, 5) is 4.06. The van der Waals surface area contributed by atoms with Crippen molar-refractivity contribution in [3.8, 4) is 0 Å². The molecule has 1 unspecified atom stereocenters. The van der Waals surface area contributed by atoms with Crippen molar-refractivity contribution in [1.29, 1.82) is 0 Å². The van der Waals surface area contributed by atoms with E-state index in [0.29, 0.717) is 6.04 Å². The second-order valence-corrected chi connectivity index (χ2v) is 8.78. The third-order valence-electron chi connectivity index (χ3n) is 3.64. The summed E-state index contributed by atoms with van der Waals surface area (Å²) in [7, 11) is -3.45. The summed E-state index contributed by atoms with van der Waals surface area (Å²) in [6.45, 7) is -0.0177. The number of nitrogens with zero attached hydrogens (tertiary/aromatic N) is 1. The quantitative estimate of drug-likeness (QED) is 0.332. The van der Waals surface area contributed by atoms with Crippen LogP contribution < -0.4 is 11.1 Å². The molecule has 1 aliphatic carbocycles. The molecule has 0 radical (unpaired) electrons. The fourth-order valence-corrected chi connectivity index (χ4v) is 5.00. The van der Waals surface area contributed by atoms with Gasteiger partial charge in [0, 0.05) is 6.04 Å². The van der Waals surface area contributed by atoms with Gasteiger partial charge in [0.05, 0.1) is 18.4 Å². The highest BCUT2D eigenvalue weighted by Gasteiger charge is 2.20. The van der Waals surface area contributed by atoms with Gasteiger partial charge >= 0.3 is 0 Å². The minimum atomic E-state index is -3.45. The van der Waals surface area contributed by atoms with Crippen molar-refractivity contribution in [3.05, 3.63) is 17.5 Å². The van der Waals surface area contributed by atoms with Crippen molar-refractivity contribution in [2.75, 3.05) is 12.3 Å². The number of guanidine groups is 1. The highest BCUT2D eigenvalue weighted by molar-refractivity contribution is 14.0. The molecule has 9 heteroatoms. The normalized spacial score (nSPS) is 18.2. The lowest BCUT2D eigenvalue weighted by atomic mass is 9.96. The molecule has 0 aromatic carbocycles. The summed E-state index contributed by atoms with van der Waals surface area (Å²) < 4.78 is 24.3. The summed E-state index contributed by atoms with van der Waals surface area (Å²) >= 11 is 1.15. The highest BCUT2D eigenvalue weighted by Crippen LogP contribution is 2.18. The second kappa shape index (κ2) is 9.80. The van der Waals surface area contributed by atoms with Gasteiger partial charge < -0.3 is 16.2 Å². The van der Waals surface area contributed by atoms with Crippen LogP contribution in [0.4, 0.5) is 0 Å². The van der Waals surface area contributed by atoms with Gasteiger partial charge in [-0.25, -0.2) is 8.42 Å². The fourth-order valence-electron chi connectivity index (χ4n) is 2.53. The van der Waals surface area contributed by atoms with Crippen LogP contribution in [-0.4, -0.2) is 43.9 Å². The number of aliphatic hydroxyl groups excluding tert-OH is 1. The van der Waals surface area contributed by atoms with E-state index >= 15 is 0 Å². The number of aliphatic imine (C=N–C) groups is 1.